The maximum Gasteiger partial charge on any atom is 0.251 e. The molecule has 1 amide bonds. The first-order valence-electron chi connectivity index (χ1n) is 7.50. The van der Waals surface area contributed by atoms with Crippen molar-refractivity contribution in [3.8, 4) is 5.75 Å². The molecule has 0 aliphatic carbocycles. The number of carbonyl (C=O) groups excluding carboxylic acids is 1. The third-order valence-corrected chi connectivity index (χ3v) is 4.70. The molecule has 1 aromatic rings. The summed E-state index contributed by atoms with van der Waals surface area (Å²) < 4.78 is 32.3. The Bertz CT molecular complexity index is 630. The van der Waals surface area contributed by atoms with E-state index in [2.05, 4.69) is 10.0 Å². The van der Waals surface area contributed by atoms with Crippen molar-refractivity contribution >= 4 is 15.9 Å². The quantitative estimate of drug-likeness (QED) is 0.576. The number of rotatable bonds is 9. The van der Waals surface area contributed by atoms with Crippen LogP contribution in [0.5, 0.6) is 5.75 Å². The van der Waals surface area contributed by atoms with Crippen molar-refractivity contribution in [2.75, 3.05) is 20.2 Å². The molecule has 8 heteroatoms. The van der Waals surface area contributed by atoms with Gasteiger partial charge < -0.3 is 15.8 Å². The number of sulfonamides is 1. The lowest BCUT2D eigenvalue weighted by atomic mass is 10.2. The van der Waals surface area contributed by atoms with E-state index < -0.39 is 10.0 Å². The van der Waals surface area contributed by atoms with Gasteiger partial charge in [0.05, 0.1) is 7.11 Å². The van der Waals surface area contributed by atoms with Gasteiger partial charge in [-0.2, -0.15) is 0 Å². The molecule has 23 heavy (non-hydrogen) atoms. The highest BCUT2D eigenvalue weighted by Crippen LogP contribution is 2.25. The lowest BCUT2D eigenvalue weighted by Crippen LogP contribution is -2.31. The zero-order valence-corrected chi connectivity index (χ0v) is 14.6. The van der Waals surface area contributed by atoms with Gasteiger partial charge in [0.15, 0.2) is 0 Å². The van der Waals surface area contributed by atoms with Gasteiger partial charge in [0.25, 0.3) is 5.91 Å². The van der Waals surface area contributed by atoms with Crippen molar-refractivity contribution < 1.29 is 17.9 Å². The van der Waals surface area contributed by atoms with Gasteiger partial charge in [-0.25, -0.2) is 13.1 Å². The SMILES string of the molecule is COc1ccc(C(=O)NCCCCN)cc1S(=O)(=O)NC(C)C. The Morgan fingerprint density at radius 1 is 1.30 bits per heavy atom. The maximum absolute atomic E-state index is 12.4. The molecule has 1 aromatic carbocycles. The van der Waals surface area contributed by atoms with Crippen molar-refractivity contribution in [1.29, 1.82) is 0 Å². The summed E-state index contributed by atoms with van der Waals surface area (Å²) >= 11 is 0. The molecule has 0 heterocycles. The first kappa shape index (κ1) is 19.4. The molecular weight excluding hydrogens is 318 g/mol. The van der Waals surface area contributed by atoms with Gasteiger partial charge in [0.1, 0.15) is 10.6 Å². The number of amides is 1. The normalized spacial score (nSPS) is 11.5. The van der Waals surface area contributed by atoms with E-state index in [9.17, 15) is 13.2 Å². The predicted octanol–water partition coefficient (Wildman–Crippen LogP) is 0.851. The number of methoxy groups -OCH3 is 1. The fourth-order valence-corrected chi connectivity index (χ4v) is 3.42. The highest BCUT2D eigenvalue weighted by Gasteiger charge is 2.22. The van der Waals surface area contributed by atoms with Crippen LogP contribution in [-0.4, -0.2) is 40.6 Å². The van der Waals surface area contributed by atoms with Gasteiger partial charge in [0.2, 0.25) is 10.0 Å². The summed E-state index contributed by atoms with van der Waals surface area (Å²) in [6.07, 6.45) is 1.60. The summed E-state index contributed by atoms with van der Waals surface area (Å²) in [5.74, 6) is -0.136. The molecule has 0 spiro atoms. The Morgan fingerprint density at radius 2 is 2.00 bits per heavy atom. The minimum Gasteiger partial charge on any atom is -0.495 e. The van der Waals surface area contributed by atoms with Gasteiger partial charge in [-0.1, -0.05) is 0 Å². The van der Waals surface area contributed by atoms with Crippen molar-refractivity contribution in [1.82, 2.24) is 10.0 Å². The van der Waals surface area contributed by atoms with Crippen LogP contribution in [0.1, 0.15) is 37.0 Å². The van der Waals surface area contributed by atoms with Crippen molar-refractivity contribution in [2.24, 2.45) is 5.73 Å². The number of benzene rings is 1. The van der Waals surface area contributed by atoms with Gasteiger partial charge in [0, 0.05) is 18.2 Å². The standard InChI is InChI=1S/C15H25N3O4S/c1-11(2)18-23(20,21)14-10-12(6-7-13(14)22-3)15(19)17-9-5-4-8-16/h6-7,10-11,18H,4-5,8-9,16H2,1-3H3,(H,17,19). The van der Waals surface area contributed by atoms with Crippen molar-refractivity contribution in [2.45, 2.75) is 37.6 Å². The first-order chi connectivity index (χ1) is 10.8. The summed E-state index contributed by atoms with van der Waals surface area (Å²) in [5, 5.41) is 2.74. The highest BCUT2D eigenvalue weighted by atomic mass is 32.2. The lowest BCUT2D eigenvalue weighted by Gasteiger charge is -2.14. The summed E-state index contributed by atoms with van der Waals surface area (Å²) in [5.41, 5.74) is 5.66. The number of carbonyl (C=O) groups is 1. The van der Waals surface area contributed by atoms with Gasteiger partial charge in [-0.3, -0.25) is 4.79 Å². The van der Waals surface area contributed by atoms with Crippen LogP contribution in [-0.2, 0) is 10.0 Å². The molecule has 0 atom stereocenters. The van der Waals surface area contributed by atoms with Crippen LogP contribution in [0.3, 0.4) is 0 Å². The van der Waals surface area contributed by atoms with Crippen molar-refractivity contribution in [3.05, 3.63) is 23.8 Å². The van der Waals surface area contributed by atoms with Crippen LogP contribution in [0.4, 0.5) is 0 Å². The molecule has 130 valence electrons. The summed E-state index contributed by atoms with van der Waals surface area (Å²) in [4.78, 5) is 12.1. The Hall–Kier alpha value is -1.64. The molecule has 0 saturated carbocycles. The van der Waals surface area contributed by atoms with Crippen LogP contribution in [0.25, 0.3) is 0 Å². The number of ether oxygens (including phenoxy) is 1. The monoisotopic (exact) mass is 343 g/mol. The number of hydrogen-bond acceptors (Lipinski definition) is 5. The van der Waals surface area contributed by atoms with Crippen LogP contribution in [0.15, 0.2) is 23.1 Å². The van der Waals surface area contributed by atoms with E-state index in [1.807, 2.05) is 0 Å². The van der Waals surface area contributed by atoms with Gasteiger partial charge >= 0.3 is 0 Å². The van der Waals surface area contributed by atoms with E-state index in [0.717, 1.165) is 12.8 Å². The number of nitrogens with one attached hydrogen (secondary N) is 2. The third-order valence-electron chi connectivity index (χ3n) is 3.02. The molecule has 0 saturated heterocycles. The average molecular weight is 343 g/mol. The molecule has 1 rings (SSSR count). The summed E-state index contributed by atoms with van der Waals surface area (Å²) in [7, 11) is -2.37. The maximum atomic E-state index is 12.4. The van der Waals surface area contributed by atoms with Crippen LogP contribution in [0, 0.1) is 0 Å². The molecule has 7 nitrogen and oxygen atoms in total. The molecule has 0 bridgehead atoms. The molecule has 0 unspecified atom stereocenters. The van der Waals surface area contributed by atoms with Crippen LogP contribution < -0.4 is 20.5 Å². The van der Waals surface area contributed by atoms with Gasteiger partial charge in [-0.15, -0.1) is 0 Å². The fourth-order valence-electron chi connectivity index (χ4n) is 1.98. The van der Waals surface area contributed by atoms with E-state index in [0.29, 0.717) is 13.1 Å². The smallest absolute Gasteiger partial charge is 0.251 e. The minimum absolute atomic E-state index is 0.0525. The number of nitrogens with two attached hydrogens (primary N) is 1. The second kappa shape index (κ2) is 8.85. The molecule has 0 aliphatic heterocycles. The number of hydrogen-bond donors (Lipinski definition) is 3. The van der Waals surface area contributed by atoms with E-state index >= 15 is 0 Å². The molecule has 4 N–H and O–H groups in total. The van der Waals surface area contributed by atoms with E-state index in [1.165, 1.54) is 25.3 Å². The zero-order valence-electron chi connectivity index (χ0n) is 13.8. The molecule has 0 radical (unpaired) electrons. The van der Waals surface area contributed by atoms with Crippen LogP contribution >= 0.6 is 0 Å². The van der Waals surface area contributed by atoms with E-state index in [-0.39, 0.29) is 28.2 Å². The second-order valence-corrected chi connectivity index (χ2v) is 7.08. The number of unbranched alkanes of at least 4 members (excludes halogenated alkanes) is 1. The van der Waals surface area contributed by atoms with Crippen molar-refractivity contribution in [3.63, 3.8) is 0 Å². The van der Waals surface area contributed by atoms with E-state index in [4.69, 9.17) is 10.5 Å². The lowest BCUT2D eigenvalue weighted by molar-refractivity contribution is 0.0953. The molecule has 0 fully saturated rings. The Kier molecular flexibility index (Phi) is 7.47. The first-order valence-corrected chi connectivity index (χ1v) is 8.98. The van der Waals surface area contributed by atoms with Gasteiger partial charge in [-0.05, 0) is 51.4 Å². The minimum atomic E-state index is -3.76. The fraction of sp³-hybridized carbons (Fsp3) is 0.533. The molecular formula is C15H25N3O4S. The third kappa shape index (κ3) is 5.81. The Labute approximate surface area is 137 Å². The topological polar surface area (TPSA) is 111 Å². The Balaban J connectivity index is 3.01. The Morgan fingerprint density at radius 3 is 2.57 bits per heavy atom. The highest BCUT2D eigenvalue weighted by molar-refractivity contribution is 7.89. The summed E-state index contributed by atoms with van der Waals surface area (Å²) in [6.45, 7) is 4.51. The predicted molar refractivity (Wildman–Crippen MR) is 89.1 cm³/mol. The molecule has 0 aliphatic rings. The zero-order chi connectivity index (χ0) is 17.5. The average Bonchev–Trinajstić information content (AvgIpc) is 2.49. The second-order valence-electron chi connectivity index (χ2n) is 5.39. The summed E-state index contributed by atoms with van der Waals surface area (Å²) in [6, 6.07) is 4.07. The van der Waals surface area contributed by atoms with Crippen LogP contribution in [0.2, 0.25) is 0 Å². The largest absolute Gasteiger partial charge is 0.495 e. The van der Waals surface area contributed by atoms with E-state index in [1.54, 1.807) is 13.8 Å². The molecule has 0 aromatic heterocycles.